The largest absolute Gasteiger partial charge is 0.483 e. The van der Waals surface area contributed by atoms with Gasteiger partial charge in [0.2, 0.25) is 0 Å². The third kappa shape index (κ3) is 4.63. The topological polar surface area (TPSA) is 87.3 Å². The van der Waals surface area contributed by atoms with Gasteiger partial charge in [-0.25, -0.2) is 9.37 Å². The smallest absolute Gasteiger partial charge is 0.258 e. The lowest BCUT2D eigenvalue weighted by molar-refractivity contribution is -0.123. The maximum atomic E-state index is 13.6. The molecule has 4 aromatic rings. The number of likely N-dealkylation sites (tertiary alicyclic amines) is 1. The summed E-state index contributed by atoms with van der Waals surface area (Å²) in [5.74, 6) is 0.851. The second-order valence-electron chi connectivity index (χ2n) is 9.68. The number of amides is 2. The highest BCUT2D eigenvalue weighted by Crippen LogP contribution is 2.32. The summed E-state index contributed by atoms with van der Waals surface area (Å²) < 4.78 is 19.4. The number of piperidine rings is 1. The van der Waals surface area contributed by atoms with Crippen molar-refractivity contribution in [2.45, 2.75) is 37.6 Å². The summed E-state index contributed by atoms with van der Waals surface area (Å²) in [6, 6.07) is 16.3. The Bertz CT molecular complexity index is 1450. The molecule has 1 aromatic heterocycles. The van der Waals surface area contributed by atoms with Crippen LogP contribution in [0.5, 0.6) is 5.75 Å². The zero-order valence-electron chi connectivity index (χ0n) is 19.8. The van der Waals surface area contributed by atoms with Crippen LogP contribution in [0.4, 0.5) is 4.39 Å². The van der Waals surface area contributed by atoms with Crippen molar-refractivity contribution >= 4 is 33.6 Å². The molecule has 8 heteroatoms. The molecule has 1 saturated heterocycles. The molecule has 1 aliphatic carbocycles. The van der Waals surface area contributed by atoms with Gasteiger partial charge in [0.05, 0.1) is 16.6 Å². The molecule has 0 unspecified atom stereocenters. The molecule has 0 spiro atoms. The first-order valence-corrected chi connectivity index (χ1v) is 12.4. The number of hydrogen-bond acceptors (Lipinski definition) is 4. The number of fused-ring (bicyclic) bond motifs is 2. The number of aromatic nitrogens is 2. The van der Waals surface area contributed by atoms with Crippen LogP contribution < -0.4 is 10.1 Å². The molecular weight excluding hydrogens is 459 g/mol. The van der Waals surface area contributed by atoms with E-state index >= 15 is 0 Å². The van der Waals surface area contributed by atoms with E-state index in [0.29, 0.717) is 29.9 Å². The zero-order chi connectivity index (χ0) is 24.6. The minimum atomic E-state index is -0.295. The molecular formula is C28H27FN4O3. The highest BCUT2D eigenvalue weighted by molar-refractivity contribution is 6.01. The number of carbonyl (C=O) groups excluding carboxylic acids is 2. The van der Waals surface area contributed by atoms with Crippen molar-refractivity contribution in [2.24, 2.45) is 0 Å². The van der Waals surface area contributed by atoms with Crippen molar-refractivity contribution in [1.82, 2.24) is 20.2 Å². The normalized spacial score (nSPS) is 16.4. The number of imidazole rings is 1. The molecule has 3 aromatic carbocycles. The van der Waals surface area contributed by atoms with Crippen molar-refractivity contribution in [2.75, 3.05) is 19.7 Å². The van der Waals surface area contributed by atoms with E-state index in [0.717, 1.165) is 47.8 Å². The Hall–Kier alpha value is -3.94. The van der Waals surface area contributed by atoms with Gasteiger partial charge >= 0.3 is 0 Å². The minimum Gasteiger partial charge on any atom is -0.483 e. The van der Waals surface area contributed by atoms with Crippen molar-refractivity contribution in [3.8, 4) is 5.75 Å². The summed E-state index contributed by atoms with van der Waals surface area (Å²) in [6.07, 6.45) is 3.52. The Balaban J connectivity index is 1.18. The number of nitrogens with zero attached hydrogens (tertiary/aromatic N) is 2. The summed E-state index contributed by atoms with van der Waals surface area (Å²) in [4.78, 5) is 35.5. The monoisotopic (exact) mass is 486 g/mol. The number of rotatable bonds is 6. The van der Waals surface area contributed by atoms with E-state index in [1.165, 1.54) is 12.1 Å². The van der Waals surface area contributed by atoms with Gasteiger partial charge in [-0.3, -0.25) is 9.59 Å². The Morgan fingerprint density at radius 2 is 1.78 bits per heavy atom. The number of aromatic amines is 1. The van der Waals surface area contributed by atoms with E-state index in [1.807, 2.05) is 41.3 Å². The molecule has 2 amide bonds. The van der Waals surface area contributed by atoms with Crippen LogP contribution in [0.2, 0.25) is 0 Å². The van der Waals surface area contributed by atoms with E-state index in [9.17, 15) is 14.0 Å². The maximum absolute atomic E-state index is 13.6. The predicted molar refractivity (Wildman–Crippen MR) is 135 cm³/mol. The van der Waals surface area contributed by atoms with Gasteiger partial charge in [0.25, 0.3) is 11.8 Å². The average molecular weight is 487 g/mol. The lowest BCUT2D eigenvalue weighted by Crippen LogP contribution is -2.38. The third-order valence-corrected chi connectivity index (χ3v) is 7.01. The zero-order valence-corrected chi connectivity index (χ0v) is 19.8. The Morgan fingerprint density at radius 1 is 1.03 bits per heavy atom. The van der Waals surface area contributed by atoms with Crippen molar-refractivity contribution < 1.29 is 18.7 Å². The third-order valence-electron chi connectivity index (χ3n) is 7.01. The second kappa shape index (κ2) is 9.26. The molecule has 0 atom stereocenters. The Morgan fingerprint density at radius 3 is 2.53 bits per heavy atom. The second-order valence-corrected chi connectivity index (χ2v) is 9.68. The van der Waals surface area contributed by atoms with Crippen LogP contribution in [-0.2, 0) is 4.79 Å². The molecule has 0 bridgehead atoms. The molecule has 1 aliphatic heterocycles. The van der Waals surface area contributed by atoms with Gasteiger partial charge in [0.1, 0.15) is 17.4 Å². The highest BCUT2D eigenvalue weighted by atomic mass is 19.1. The number of nitrogens with one attached hydrogen (secondary N) is 2. The average Bonchev–Trinajstić information content (AvgIpc) is 3.61. The molecule has 7 nitrogen and oxygen atoms in total. The first-order chi connectivity index (χ1) is 17.5. The molecule has 2 aliphatic rings. The first kappa shape index (κ1) is 22.5. The highest BCUT2D eigenvalue weighted by Gasteiger charge is 2.29. The van der Waals surface area contributed by atoms with Crippen LogP contribution in [0.15, 0.2) is 54.6 Å². The van der Waals surface area contributed by atoms with E-state index in [-0.39, 0.29) is 36.2 Å². The summed E-state index contributed by atoms with van der Waals surface area (Å²) in [5.41, 5.74) is 1.89. The van der Waals surface area contributed by atoms with Gasteiger partial charge in [0, 0.05) is 25.0 Å². The SMILES string of the molecule is O=C(COc1cc2ccccc2cc1C(=O)N1CCC(c2nc3ccc(F)cc3[nH]2)CC1)NC1CC1. The molecule has 2 N–H and O–H groups in total. The molecule has 1 saturated carbocycles. The Labute approximate surface area is 207 Å². The van der Waals surface area contributed by atoms with Crippen molar-refractivity contribution in [3.63, 3.8) is 0 Å². The van der Waals surface area contributed by atoms with E-state index < -0.39 is 0 Å². The number of hydrogen-bond donors (Lipinski definition) is 2. The van der Waals surface area contributed by atoms with Gasteiger partial charge in [-0.1, -0.05) is 24.3 Å². The lowest BCUT2D eigenvalue weighted by Gasteiger charge is -2.31. The predicted octanol–water partition coefficient (Wildman–Crippen LogP) is 4.53. The van der Waals surface area contributed by atoms with Gasteiger partial charge in [-0.15, -0.1) is 0 Å². The molecule has 0 radical (unpaired) electrons. The van der Waals surface area contributed by atoms with Gasteiger partial charge in [0.15, 0.2) is 6.61 Å². The van der Waals surface area contributed by atoms with Crippen LogP contribution >= 0.6 is 0 Å². The fourth-order valence-electron chi connectivity index (χ4n) is 4.87. The van der Waals surface area contributed by atoms with Gasteiger partial charge < -0.3 is 19.9 Å². The van der Waals surface area contributed by atoms with Crippen molar-refractivity contribution in [1.29, 1.82) is 0 Å². The lowest BCUT2D eigenvalue weighted by atomic mass is 9.95. The number of benzene rings is 3. The van der Waals surface area contributed by atoms with Gasteiger partial charge in [-0.2, -0.15) is 0 Å². The number of halogens is 1. The molecule has 2 heterocycles. The number of carbonyl (C=O) groups is 2. The van der Waals surface area contributed by atoms with E-state index in [2.05, 4.69) is 15.3 Å². The summed E-state index contributed by atoms with van der Waals surface area (Å²) in [7, 11) is 0. The van der Waals surface area contributed by atoms with Crippen LogP contribution in [0, 0.1) is 5.82 Å². The van der Waals surface area contributed by atoms with E-state index in [4.69, 9.17) is 4.74 Å². The van der Waals surface area contributed by atoms with Crippen molar-refractivity contribution in [3.05, 3.63) is 71.8 Å². The van der Waals surface area contributed by atoms with Crippen LogP contribution in [-0.4, -0.2) is 52.4 Å². The molecule has 184 valence electrons. The molecule has 36 heavy (non-hydrogen) atoms. The quantitative estimate of drug-likeness (QED) is 0.419. The maximum Gasteiger partial charge on any atom is 0.258 e. The number of ether oxygens (including phenoxy) is 1. The molecule has 6 rings (SSSR count). The van der Waals surface area contributed by atoms with E-state index in [1.54, 1.807) is 6.07 Å². The number of H-pyrrole nitrogens is 1. The van der Waals surface area contributed by atoms with Crippen LogP contribution in [0.25, 0.3) is 21.8 Å². The summed E-state index contributed by atoms with van der Waals surface area (Å²) in [6.45, 7) is 1.02. The standard InChI is InChI=1S/C28H27FN4O3/c29-20-5-8-23-24(15-20)32-27(31-23)17-9-11-33(12-10-17)28(35)22-13-18-3-1-2-4-19(18)14-25(22)36-16-26(34)30-21-6-7-21/h1-5,8,13-15,17,21H,6-7,9-12,16H2,(H,30,34)(H,31,32). The Kier molecular flexibility index (Phi) is 5.79. The summed E-state index contributed by atoms with van der Waals surface area (Å²) in [5, 5.41) is 4.81. The van der Waals surface area contributed by atoms with Crippen LogP contribution in [0.3, 0.4) is 0 Å². The summed E-state index contributed by atoms with van der Waals surface area (Å²) >= 11 is 0. The fraction of sp³-hybridized carbons (Fsp3) is 0.321. The van der Waals surface area contributed by atoms with Gasteiger partial charge in [-0.05, 0) is 66.8 Å². The first-order valence-electron chi connectivity index (χ1n) is 12.4. The van der Waals surface area contributed by atoms with Crippen LogP contribution in [0.1, 0.15) is 47.8 Å². The fourth-order valence-corrected chi connectivity index (χ4v) is 4.87. The minimum absolute atomic E-state index is 0.108. The molecule has 2 fully saturated rings.